The van der Waals surface area contributed by atoms with Gasteiger partial charge in [0.15, 0.2) is 0 Å². The van der Waals surface area contributed by atoms with Crippen molar-refractivity contribution in [2.24, 2.45) is 5.92 Å². The molecule has 0 aromatic carbocycles. The Morgan fingerprint density at radius 2 is 2.43 bits per heavy atom. The minimum Gasteiger partial charge on any atom is -0.373 e. The van der Waals surface area contributed by atoms with Crippen LogP contribution in [0, 0.1) is 5.92 Å². The van der Waals surface area contributed by atoms with Crippen LogP contribution in [0.3, 0.4) is 0 Å². The van der Waals surface area contributed by atoms with E-state index in [2.05, 4.69) is 23.9 Å². The fourth-order valence-electron chi connectivity index (χ4n) is 1.50. The van der Waals surface area contributed by atoms with Crippen molar-refractivity contribution in [2.45, 2.75) is 39.3 Å². The van der Waals surface area contributed by atoms with Crippen LogP contribution in [-0.4, -0.2) is 27.5 Å². The molecule has 2 rings (SSSR count). The lowest BCUT2D eigenvalue weighted by Gasteiger charge is -2.07. The van der Waals surface area contributed by atoms with Crippen molar-refractivity contribution in [3.05, 3.63) is 12.2 Å². The van der Waals surface area contributed by atoms with Crippen molar-refractivity contribution in [3.8, 4) is 0 Å². The fourth-order valence-corrected chi connectivity index (χ4v) is 1.50. The van der Waals surface area contributed by atoms with Gasteiger partial charge in [0, 0.05) is 13.0 Å². The molecule has 1 aromatic rings. The number of hydrogen-bond donors (Lipinski definition) is 0. The van der Waals surface area contributed by atoms with Gasteiger partial charge in [0.05, 0.1) is 12.7 Å². The Morgan fingerprint density at radius 3 is 3.07 bits per heavy atom. The third-order valence-corrected chi connectivity index (χ3v) is 2.33. The maximum Gasteiger partial charge on any atom is 0.138 e. The van der Waals surface area contributed by atoms with E-state index in [1.54, 1.807) is 6.33 Å². The molecule has 2 heterocycles. The normalized spacial score (nSPS) is 20.4. The number of rotatable bonds is 5. The zero-order valence-corrected chi connectivity index (χ0v) is 8.81. The van der Waals surface area contributed by atoms with E-state index in [1.165, 1.54) is 0 Å². The molecule has 0 aliphatic carbocycles. The van der Waals surface area contributed by atoms with Gasteiger partial charge in [-0.25, -0.2) is 9.67 Å². The second kappa shape index (κ2) is 4.09. The van der Waals surface area contributed by atoms with Gasteiger partial charge in [-0.15, -0.1) is 0 Å². The minimum atomic E-state index is 0.485. The molecular weight excluding hydrogens is 178 g/mol. The highest BCUT2D eigenvalue weighted by Crippen LogP contribution is 2.16. The summed E-state index contributed by atoms with van der Waals surface area (Å²) in [5, 5.41) is 4.22. The summed E-state index contributed by atoms with van der Waals surface area (Å²) >= 11 is 0. The number of epoxide rings is 1. The van der Waals surface area contributed by atoms with Crippen molar-refractivity contribution < 1.29 is 4.74 Å². The van der Waals surface area contributed by atoms with Gasteiger partial charge < -0.3 is 4.74 Å². The Bertz CT molecular complexity index is 291. The van der Waals surface area contributed by atoms with E-state index in [0.29, 0.717) is 12.0 Å². The van der Waals surface area contributed by atoms with Gasteiger partial charge in [-0.2, -0.15) is 5.10 Å². The maximum absolute atomic E-state index is 5.17. The number of aryl methyl sites for hydroxylation is 1. The Labute approximate surface area is 84.3 Å². The van der Waals surface area contributed by atoms with E-state index in [4.69, 9.17) is 4.74 Å². The molecule has 1 aliphatic rings. The predicted octanol–water partition coefficient (Wildman–Crippen LogP) is 1.27. The molecular formula is C10H17N3O. The summed E-state index contributed by atoms with van der Waals surface area (Å²) in [5.74, 6) is 1.71. The van der Waals surface area contributed by atoms with E-state index in [0.717, 1.165) is 31.8 Å². The number of nitrogens with zero attached hydrogens (tertiary/aromatic N) is 3. The monoisotopic (exact) mass is 195 g/mol. The standard InChI is InChI=1S/C10H17N3O/c1-8(2)5-13-10(11-7-12-13)4-3-9-6-14-9/h7-9H,3-6H2,1-2H3. The second-order valence-corrected chi connectivity index (χ2v) is 4.25. The van der Waals surface area contributed by atoms with Gasteiger partial charge >= 0.3 is 0 Å². The molecule has 1 saturated heterocycles. The lowest BCUT2D eigenvalue weighted by Crippen LogP contribution is -2.10. The third-order valence-electron chi connectivity index (χ3n) is 2.33. The van der Waals surface area contributed by atoms with Gasteiger partial charge in [0.1, 0.15) is 12.2 Å². The molecule has 0 bridgehead atoms. The highest BCUT2D eigenvalue weighted by molar-refractivity contribution is 4.87. The third kappa shape index (κ3) is 2.54. The summed E-state index contributed by atoms with van der Waals surface area (Å²) in [7, 11) is 0. The summed E-state index contributed by atoms with van der Waals surface area (Å²) in [6, 6.07) is 0. The molecule has 4 heteroatoms. The molecule has 1 aliphatic heterocycles. The molecule has 0 N–H and O–H groups in total. The first kappa shape index (κ1) is 9.65. The minimum absolute atomic E-state index is 0.485. The fraction of sp³-hybridized carbons (Fsp3) is 0.800. The summed E-state index contributed by atoms with van der Waals surface area (Å²) < 4.78 is 7.18. The van der Waals surface area contributed by atoms with Gasteiger partial charge in [-0.1, -0.05) is 13.8 Å². The molecule has 1 aromatic heterocycles. The summed E-state index contributed by atoms with van der Waals surface area (Å²) in [5.41, 5.74) is 0. The van der Waals surface area contributed by atoms with Crippen LogP contribution in [0.5, 0.6) is 0 Å². The Morgan fingerprint density at radius 1 is 1.64 bits per heavy atom. The summed E-state index contributed by atoms with van der Waals surface area (Å²) in [6.45, 7) is 6.27. The SMILES string of the molecule is CC(C)Cn1ncnc1CCC1CO1. The van der Waals surface area contributed by atoms with E-state index in [-0.39, 0.29) is 0 Å². The molecule has 1 unspecified atom stereocenters. The average Bonchev–Trinajstić information content (AvgIpc) is 2.85. The molecule has 0 spiro atoms. The number of aromatic nitrogens is 3. The highest BCUT2D eigenvalue weighted by Gasteiger charge is 2.22. The largest absolute Gasteiger partial charge is 0.373 e. The Kier molecular flexibility index (Phi) is 2.82. The quantitative estimate of drug-likeness (QED) is 0.664. The first-order valence-electron chi connectivity index (χ1n) is 5.24. The molecule has 0 amide bonds. The van der Waals surface area contributed by atoms with Crippen molar-refractivity contribution in [1.29, 1.82) is 0 Å². The van der Waals surface area contributed by atoms with Crippen molar-refractivity contribution in [1.82, 2.24) is 14.8 Å². The van der Waals surface area contributed by atoms with E-state index < -0.39 is 0 Å². The topological polar surface area (TPSA) is 43.2 Å². The van der Waals surface area contributed by atoms with Crippen LogP contribution < -0.4 is 0 Å². The lowest BCUT2D eigenvalue weighted by atomic mass is 10.2. The zero-order valence-electron chi connectivity index (χ0n) is 8.81. The van der Waals surface area contributed by atoms with Crippen molar-refractivity contribution >= 4 is 0 Å². The molecule has 4 nitrogen and oxygen atoms in total. The maximum atomic E-state index is 5.17. The van der Waals surface area contributed by atoms with E-state index in [9.17, 15) is 0 Å². The first-order chi connectivity index (χ1) is 6.75. The molecule has 0 saturated carbocycles. The van der Waals surface area contributed by atoms with Crippen LogP contribution in [0.4, 0.5) is 0 Å². The summed E-state index contributed by atoms with van der Waals surface area (Å²) in [4.78, 5) is 4.27. The van der Waals surface area contributed by atoms with Crippen LogP contribution in [0.15, 0.2) is 6.33 Å². The Balaban J connectivity index is 1.90. The Hall–Kier alpha value is -0.900. The van der Waals surface area contributed by atoms with E-state index >= 15 is 0 Å². The number of ether oxygens (including phenoxy) is 1. The van der Waals surface area contributed by atoms with Gasteiger partial charge in [0.2, 0.25) is 0 Å². The highest BCUT2D eigenvalue weighted by atomic mass is 16.6. The zero-order chi connectivity index (χ0) is 9.97. The van der Waals surface area contributed by atoms with Crippen LogP contribution in [0.2, 0.25) is 0 Å². The van der Waals surface area contributed by atoms with Crippen LogP contribution >= 0.6 is 0 Å². The van der Waals surface area contributed by atoms with Crippen molar-refractivity contribution in [3.63, 3.8) is 0 Å². The summed E-state index contributed by atoms with van der Waals surface area (Å²) in [6.07, 6.45) is 4.19. The van der Waals surface area contributed by atoms with Gasteiger partial charge in [-0.3, -0.25) is 0 Å². The lowest BCUT2D eigenvalue weighted by molar-refractivity contribution is 0.390. The van der Waals surface area contributed by atoms with Crippen LogP contribution in [0.1, 0.15) is 26.1 Å². The van der Waals surface area contributed by atoms with E-state index in [1.807, 2.05) is 4.68 Å². The van der Waals surface area contributed by atoms with Crippen molar-refractivity contribution in [2.75, 3.05) is 6.61 Å². The predicted molar refractivity (Wildman–Crippen MR) is 52.9 cm³/mol. The number of hydrogen-bond acceptors (Lipinski definition) is 3. The molecule has 78 valence electrons. The van der Waals surface area contributed by atoms with Gasteiger partial charge in [-0.05, 0) is 12.3 Å². The molecule has 14 heavy (non-hydrogen) atoms. The first-order valence-corrected chi connectivity index (χ1v) is 5.24. The molecule has 0 radical (unpaired) electrons. The van der Waals surface area contributed by atoms with Gasteiger partial charge in [0.25, 0.3) is 0 Å². The average molecular weight is 195 g/mol. The van der Waals surface area contributed by atoms with Crippen LogP contribution in [-0.2, 0) is 17.7 Å². The molecule has 1 atom stereocenters. The smallest absolute Gasteiger partial charge is 0.138 e. The van der Waals surface area contributed by atoms with Crippen LogP contribution in [0.25, 0.3) is 0 Å². The second-order valence-electron chi connectivity index (χ2n) is 4.25. The molecule has 1 fully saturated rings.